The lowest BCUT2D eigenvalue weighted by molar-refractivity contribution is -0.142. The van der Waals surface area contributed by atoms with Gasteiger partial charge >= 0.3 is 5.97 Å². The minimum atomic E-state index is -2.86. The molecule has 0 aromatic carbocycles. The summed E-state index contributed by atoms with van der Waals surface area (Å²) in [6.07, 6.45) is -3.21. The van der Waals surface area contributed by atoms with Crippen LogP contribution in [0.4, 0.5) is 13.2 Å². The average molecular weight is 312 g/mol. The highest BCUT2D eigenvalue weighted by Crippen LogP contribution is 2.24. The fourth-order valence-electron chi connectivity index (χ4n) is 1.15. The molecule has 0 unspecified atom stereocenters. The number of alkyl halides is 2. The van der Waals surface area contributed by atoms with Crippen LogP contribution in [0.2, 0.25) is 0 Å². The van der Waals surface area contributed by atoms with Gasteiger partial charge in [0.25, 0.3) is 6.43 Å². The Morgan fingerprint density at radius 1 is 1.59 bits per heavy atom. The van der Waals surface area contributed by atoms with Crippen molar-refractivity contribution >= 4 is 21.9 Å². The third-order valence-electron chi connectivity index (χ3n) is 1.89. The van der Waals surface area contributed by atoms with E-state index in [1.165, 1.54) is 0 Å². The lowest BCUT2D eigenvalue weighted by Gasteiger charge is -2.07. The van der Waals surface area contributed by atoms with Gasteiger partial charge in [0.15, 0.2) is 0 Å². The quantitative estimate of drug-likeness (QED) is 0.634. The van der Waals surface area contributed by atoms with Gasteiger partial charge in [0.2, 0.25) is 0 Å². The summed E-state index contributed by atoms with van der Waals surface area (Å²) in [7, 11) is 0. The van der Waals surface area contributed by atoms with Gasteiger partial charge in [-0.25, -0.2) is 18.2 Å². The molecule has 0 atom stereocenters. The van der Waals surface area contributed by atoms with E-state index in [9.17, 15) is 18.0 Å². The average Bonchev–Trinajstić information content (AvgIpc) is 2.23. The van der Waals surface area contributed by atoms with Crippen LogP contribution in [-0.4, -0.2) is 17.6 Å². The van der Waals surface area contributed by atoms with Crippen LogP contribution in [0, 0.1) is 5.82 Å². The van der Waals surface area contributed by atoms with Crippen LogP contribution in [0.5, 0.6) is 0 Å². The number of pyridine rings is 1. The van der Waals surface area contributed by atoms with Crippen molar-refractivity contribution in [3.8, 4) is 0 Å². The summed E-state index contributed by atoms with van der Waals surface area (Å²) < 4.78 is 42.6. The summed E-state index contributed by atoms with van der Waals surface area (Å²) in [5, 5.41) is 0. The molecular weight excluding hydrogens is 303 g/mol. The van der Waals surface area contributed by atoms with E-state index < -0.39 is 23.9 Å². The molecule has 0 spiro atoms. The zero-order valence-corrected chi connectivity index (χ0v) is 10.4. The van der Waals surface area contributed by atoms with Gasteiger partial charge in [0.1, 0.15) is 16.1 Å². The lowest BCUT2D eigenvalue weighted by Crippen LogP contribution is -2.10. The molecule has 0 saturated heterocycles. The highest BCUT2D eigenvalue weighted by molar-refractivity contribution is 9.10. The maximum Gasteiger partial charge on any atom is 0.310 e. The standard InChI is InChI=1S/C10H9BrF3NO2/c1-2-17-8(16)3-5-6(12)4-7(10(13)14)15-9(5)11/h4,10H,2-3H2,1H3. The van der Waals surface area contributed by atoms with Crippen LogP contribution in [0.25, 0.3) is 0 Å². The highest BCUT2D eigenvalue weighted by atomic mass is 79.9. The maximum atomic E-state index is 13.5. The smallest absolute Gasteiger partial charge is 0.310 e. The Kier molecular flexibility index (Phi) is 4.92. The fraction of sp³-hybridized carbons (Fsp3) is 0.400. The number of halogens is 4. The Balaban J connectivity index is 2.97. The Morgan fingerprint density at radius 3 is 2.71 bits per heavy atom. The van der Waals surface area contributed by atoms with E-state index in [0.29, 0.717) is 6.07 Å². The van der Waals surface area contributed by atoms with Crippen molar-refractivity contribution in [2.75, 3.05) is 6.61 Å². The normalized spacial score (nSPS) is 10.7. The van der Waals surface area contributed by atoms with E-state index in [1.54, 1.807) is 6.92 Å². The van der Waals surface area contributed by atoms with Gasteiger partial charge in [-0.1, -0.05) is 0 Å². The summed E-state index contributed by atoms with van der Waals surface area (Å²) in [5.74, 6) is -1.55. The Bertz CT molecular complexity index is 403. The van der Waals surface area contributed by atoms with Gasteiger partial charge in [0, 0.05) is 11.6 Å². The number of carbonyl (C=O) groups excluding carboxylic acids is 1. The van der Waals surface area contributed by atoms with E-state index >= 15 is 0 Å². The topological polar surface area (TPSA) is 39.2 Å². The van der Waals surface area contributed by atoms with E-state index in [0.717, 1.165) is 0 Å². The van der Waals surface area contributed by atoms with Crippen molar-refractivity contribution < 1.29 is 22.7 Å². The predicted octanol–water partition coefficient (Wildman–Crippen LogP) is 3.03. The number of rotatable bonds is 4. The highest BCUT2D eigenvalue weighted by Gasteiger charge is 2.18. The van der Waals surface area contributed by atoms with Gasteiger partial charge in [-0.05, 0) is 22.9 Å². The van der Waals surface area contributed by atoms with Gasteiger partial charge in [-0.15, -0.1) is 0 Å². The summed E-state index contributed by atoms with van der Waals surface area (Å²) in [4.78, 5) is 14.6. The third-order valence-corrected chi connectivity index (χ3v) is 2.55. The molecule has 7 heteroatoms. The molecule has 17 heavy (non-hydrogen) atoms. The molecule has 0 aliphatic carbocycles. The Labute approximate surface area is 104 Å². The van der Waals surface area contributed by atoms with Crippen LogP contribution in [0.15, 0.2) is 10.7 Å². The molecule has 0 radical (unpaired) electrons. The molecule has 1 aromatic rings. The Morgan fingerprint density at radius 2 is 2.24 bits per heavy atom. The third kappa shape index (κ3) is 3.69. The largest absolute Gasteiger partial charge is 0.466 e. The first-order valence-electron chi connectivity index (χ1n) is 4.74. The predicted molar refractivity (Wildman–Crippen MR) is 57.2 cm³/mol. The first-order chi connectivity index (χ1) is 7.95. The summed E-state index contributed by atoms with van der Waals surface area (Å²) in [6.45, 7) is 1.78. The molecule has 1 rings (SSSR count). The zero-order chi connectivity index (χ0) is 13.0. The van der Waals surface area contributed by atoms with Crippen LogP contribution < -0.4 is 0 Å². The maximum absolute atomic E-state index is 13.5. The number of esters is 1. The van der Waals surface area contributed by atoms with E-state index in [2.05, 4.69) is 25.7 Å². The van der Waals surface area contributed by atoms with Crippen LogP contribution in [0.3, 0.4) is 0 Å². The lowest BCUT2D eigenvalue weighted by atomic mass is 10.2. The second kappa shape index (κ2) is 6.00. The molecular formula is C10H9BrF3NO2. The summed E-state index contributed by atoms with van der Waals surface area (Å²) in [5.41, 5.74) is -0.769. The first-order valence-corrected chi connectivity index (χ1v) is 5.53. The molecule has 94 valence electrons. The number of hydrogen-bond donors (Lipinski definition) is 0. The van der Waals surface area contributed by atoms with Crippen molar-refractivity contribution in [1.82, 2.24) is 4.98 Å². The molecule has 0 saturated carbocycles. The van der Waals surface area contributed by atoms with E-state index in [4.69, 9.17) is 0 Å². The number of nitrogens with zero attached hydrogens (tertiary/aromatic N) is 1. The second-order valence-corrected chi connectivity index (χ2v) is 3.83. The molecule has 0 amide bonds. The van der Waals surface area contributed by atoms with E-state index in [1.807, 2.05) is 0 Å². The van der Waals surface area contributed by atoms with Crippen LogP contribution >= 0.6 is 15.9 Å². The molecule has 0 N–H and O–H groups in total. The monoisotopic (exact) mass is 311 g/mol. The van der Waals surface area contributed by atoms with Crippen molar-refractivity contribution in [2.45, 2.75) is 19.8 Å². The molecule has 1 aromatic heterocycles. The SMILES string of the molecule is CCOC(=O)Cc1c(F)cc(C(F)F)nc1Br. The minimum Gasteiger partial charge on any atom is -0.466 e. The van der Waals surface area contributed by atoms with Crippen molar-refractivity contribution in [2.24, 2.45) is 0 Å². The van der Waals surface area contributed by atoms with Gasteiger partial charge < -0.3 is 4.74 Å². The van der Waals surface area contributed by atoms with Gasteiger partial charge in [-0.2, -0.15) is 0 Å². The van der Waals surface area contributed by atoms with E-state index in [-0.39, 0.29) is 23.2 Å². The number of carbonyl (C=O) groups is 1. The zero-order valence-electron chi connectivity index (χ0n) is 8.84. The number of ether oxygens (including phenoxy) is 1. The summed E-state index contributed by atoms with van der Waals surface area (Å²) >= 11 is 2.85. The molecule has 0 bridgehead atoms. The fourth-order valence-corrected chi connectivity index (χ4v) is 1.69. The van der Waals surface area contributed by atoms with Gasteiger partial charge in [0.05, 0.1) is 13.0 Å². The van der Waals surface area contributed by atoms with Crippen molar-refractivity contribution in [1.29, 1.82) is 0 Å². The molecule has 0 aliphatic heterocycles. The van der Waals surface area contributed by atoms with Crippen molar-refractivity contribution in [3.05, 3.63) is 27.7 Å². The molecule has 0 aliphatic rings. The number of aromatic nitrogens is 1. The minimum absolute atomic E-state index is 0.0900. The molecule has 1 heterocycles. The van der Waals surface area contributed by atoms with Gasteiger partial charge in [-0.3, -0.25) is 4.79 Å². The molecule has 0 fully saturated rings. The van der Waals surface area contributed by atoms with Crippen LogP contribution in [-0.2, 0) is 16.0 Å². The second-order valence-electron chi connectivity index (χ2n) is 3.08. The van der Waals surface area contributed by atoms with Crippen LogP contribution in [0.1, 0.15) is 24.6 Å². The first kappa shape index (κ1) is 14.0. The van der Waals surface area contributed by atoms with Crippen molar-refractivity contribution in [3.63, 3.8) is 0 Å². The molecule has 3 nitrogen and oxygen atoms in total. The summed E-state index contributed by atoms with van der Waals surface area (Å²) in [6, 6.07) is 0.615. The Hall–Kier alpha value is -1.11. The number of hydrogen-bond acceptors (Lipinski definition) is 3.